The summed E-state index contributed by atoms with van der Waals surface area (Å²) in [7, 11) is 0. The lowest BCUT2D eigenvalue weighted by Gasteiger charge is -2.31. The third-order valence-electron chi connectivity index (χ3n) is 6.63. The van der Waals surface area contributed by atoms with Gasteiger partial charge in [-0.05, 0) is 49.2 Å². The topological polar surface area (TPSA) is 84.0 Å². The number of rotatable bonds is 7. The molecule has 2 amide bonds. The lowest BCUT2D eigenvalue weighted by Crippen LogP contribution is -2.40. The maximum absolute atomic E-state index is 13.0. The molecule has 2 aromatic carbocycles. The number of carbonyl (C=O) groups excluding carboxylic acids is 2. The fraction of sp³-hybridized carbons (Fsp3) is 0.370. The van der Waals surface area contributed by atoms with Crippen molar-refractivity contribution in [2.75, 3.05) is 56.2 Å². The van der Waals surface area contributed by atoms with Crippen LogP contribution in [0.3, 0.4) is 0 Å². The quantitative estimate of drug-likeness (QED) is 0.500. The first-order valence-corrected chi connectivity index (χ1v) is 13.3. The van der Waals surface area contributed by atoms with Gasteiger partial charge in [0.15, 0.2) is 6.61 Å². The van der Waals surface area contributed by atoms with Crippen LogP contribution < -0.4 is 15.0 Å². The molecule has 0 aliphatic carbocycles. The number of para-hydroxylation sites is 2. The van der Waals surface area contributed by atoms with Crippen molar-refractivity contribution in [3.63, 3.8) is 0 Å². The second-order valence-electron chi connectivity index (χ2n) is 9.04. The van der Waals surface area contributed by atoms with Crippen LogP contribution in [0, 0.1) is 5.82 Å². The third-order valence-corrected chi connectivity index (χ3v) is 7.64. The first kappa shape index (κ1) is 25.2. The van der Waals surface area contributed by atoms with Crippen molar-refractivity contribution < 1.29 is 23.5 Å². The average Bonchev–Trinajstić information content (AvgIpc) is 3.44. The lowest BCUT2D eigenvalue weighted by molar-refractivity contribution is -0.134. The summed E-state index contributed by atoms with van der Waals surface area (Å²) in [6.45, 7) is 4.03. The van der Waals surface area contributed by atoms with Crippen LogP contribution >= 0.6 is 11.3 Å². The molecule has 0 radical (unpaired) electrons. The van der Waals surface area contributed by atoms with Gasteiger partial charge in [-0.25, -0.2) is 9.37 Å². The van der Waals surface area contributed by atoms with E-state index in [1.165, 1.54) is 35.6 Å². The third kappa shape index (κ3) is 6.26. The molecule has 0 spiro atoms. The Morgan fingerprint density at radius 3 is 2.54 bits per heavy atom. The number of aromatic nitrogens is 1. The van der Waals surface area contributed by atoms with Gasteiger partial charge in [-0.15, -0.1) is 11.3 Å². The molecule has 0 saturated carbocycles. The number of anilines is 2. The molecule has 194 valence electrons. The van der Waals surface area contributed by atoms with Gasteiger partial charge in [0.25, 0.3) is 11.8 Å². The van der Waals surface area contributed by atoms with Crippen molar-refractivity contribution >= 4 is 34.5 Å². The molecule has 0 unspecified atom stereocenters. The van der Waals surface area contributed by atoms with Crippen LogP contribution in [-0.2, 0) is 9.53 Å². The van der Waals surface area contributed by atoms with E-state index in [2.05, 4.69) is 15.2 Å². The van der Waals surface area contributed by atoms with Crippen LogP contribution in [0.25, 0.3) is 0 Å². The summed E-state index contributed by atoms with van der Waals surface area (Å²) < 4.78 is 24.0. The summed E-state index contributed by atoms with van der Waals surface area (Å²) in [6.07, 6.45) is 1.55. The van der Waals surface area contributed by atoms with E-state index in [0.29, 0.717) is 37.7 Å². The summed E-state index contributed by atoms with van der Waals surface area (Å²) >= 11 is 1.49. The van der Waals surface area contributed by atoms with Gasteiger partial charge in [-0.1, -0.05) is 12.1 Å². The Morgan fingerprint density at radius 1 is 1.05 bits per heavy atom. The molecule has 3 heterocycles. The molecule has 0 bridgehead atoms. The maximum Gasteiger partial charge on any atom is 0.275 e. The normalized spacial score (nSPS) is 16.5. The van der Waals surface area contributed by atoms with Gasteiger partial charge in [0, 0.05) is 37.5 Å². The molecular weight excluding hydrogens is 495 g/mol. The minimum Gasteiger partial charge on any atom is -0.484 e. The SMILES string of the molecule is O=C(Nc1ccccc1N1CCOCC1)c1csc(C2CCN(C(=O)COc3ccc(F)cc3)CC2)n1. The molecule has 2 aliphatic rings. The van der Waals surface area contributed by atoms with Crippen molar-refractivity contribution in [1.82, 2.24) is 9.88 Å². The second-order valence-corrected chi connectivity index (χ2v) is 9.93. The predicted octanol–water partition coefficient (Wildman–Crippen LogP) is 4.16. The first-order chi connectivity index (χ1) is 18.1. The number of piperidine rings is 1. The summed E-state index contributed by atoms with van der Waals surface area (Å²) in [4.78, 5) is 34.2. The number of hydrogen-bond donors (Lipinski definition) is 1. The minimum atomic E-state index is -0.346. The van der Waals surface area contributed by atoms with Gasteiger partial charge >= 0.3 is 0 Å². The van der Waals surface area contributed by atoms with Gasteiger partial charge < -0.3 is 24.6 Å². The van der Waals surface area contributed by atoms with E-state index >= 15 is 0 Å². The predicted molar refractivity (Wildman–Crippen MR) is 140 cm³/mol. The van der Waals surface area contributed by atoms with Crippen LogP contribution in [0.15, 0.2) is 53.9 Å². The first-order valence-electron chi connectivity index (χ1n) is 12.4. The van der Waals surface area contributed by atoms with Gasteiger partial charge in [-0.3, -0.25) is 9.59 Å². The Bertz CT molecular complexity index is 1220. The molecule has 2 fully saturated rings. The number of carbonyl (C=O) groups is 2. The molecule has 5 rings (SSSR count). The van der Waals surface area contributed by atoms with Crippen molar-refractivity contribution in [1.29, 1.82) is 0 Å². The second kappa shape index (κ2) is 11.7. The Morgan fingerprint density at radius 2 is 1.78 bits per heavy atom. The molecule has 1 aromatic heterocycles. The number of halogens is 1. The van der Waals surface area contributed by atoms with Crippen molar-refractivity contribution in [2.45, 2.75) is 18.8 Å². The van der Waals surface area contributed by atoms with Crippen molar-refractivity contribution in [3.8, 4) is 5.75 Å². The Hall–Kier alpha value is -3.50. The van der Waals surface area contributed by atoms with E-state index in [1.807, 2.05) is 24.3 Å². The standard InChI is InChI=1S/C27H29FN4O4S/c28-20-5-7-21(8-6-20)36-17-25(33)32-11-9-19(10-12-32)27-30-23(18-37-27)26(34)29-22-3-1-2-4-24(22)31-13-15-35-16-14-31/h1-8,18-19H,9-17H2,(H,29,34). The molecule has 8 nitrogen and oxygen atoms in total. The van der Waals surface area contributed by atoms with Gasteiger partial charge in [-0.2, -0.15) is 0 Å². The Balaban J connectivity index is 1.13. The summed E-state index contributed by atoms with van der Waals surface area (Å²) in [5.74, 6) is -0.00360. The smallest absolute Gasteiger partial charge is 0.275 e. The molecule has 10 heteroatoms. The van der Waals surface area contributed by atoms with E-state index in [9.17, 15) is 14.0 Å². The minimum absolute atomic E-state index is 0.0796. The number of benzene rings is 2. The molecular formula is C27H29FN4O4S. The Labute approximate surface area is 219 Å². The number of ether oxygens (including phenoxy) is 2. The van der Waals surface area contributed by atoms with Crippen LogP contribution in [0.5, 0.6) is 5.75 Å². The van der Waals surface area contributed by atoms with E-state index < -0.39 is 0 Å². The summed E-state index contributed by atoms with van der Waals surface area (Å²) in [6, 6.07) is 13.4. The maximum atomic E-state index is 13.0. The van der Waals surface area contributed by atoms with Crippen LogP contribution in [0.4, 0.5) is 15.8 Å². The lowest BCUT2D eigenvalue weighted by atomic mass is 9.97. The van der Waals surface area contributed by atoms with Crippen LogP contribution in [0.2, 0.25) is 0 Å². The monoisotopic (exact) mass is 524 g/mol. The molecule has 2 saturated heterocycles. The van der Waals surface area contributed by atoms with Crippen LogP contribution in [0.1, 0.15) is 34.3 Å². The Kier molecular flexibility index (Phi) is 7.96. The van der Waals surface area contributed by atoms with Gasteiger partial charge in [0.05, 0.1) is 29.6 Å². The zero-order chi connectivity index (χ0) is 25.6. The molecule has 0 atom stereocenters. The van der Waals surface area contributed by atoms with E-state index in [1.54, 1.807) is 10.3 Å². The number of amides is 2. The largest absolute Gasteiger partial charge is 0.484 e. The fourth-order valence-electron chi connectivity index (χ4n) is 4.57. The van der Waals surface area contributed by atoms with E-state index in [-0.39, 0.29) is 30.2 Å². The number of nitrogens with one attached hydrogen (secondary N) is 1. The van der Waals surface area contributed by atoms with Gasteiger partial charge in [0.1, 0.15) is 17.3 Å². The highest BCUT2D eigenvalue weighted by molar-refractivity contribution is 7.10. The summed E-state index contributed by atoms with van der Waals surface area (Å²) in [5.41, 5.74) is 2.15. The summed E-state index contributed by atoms with van der Waals surface area (Å²) in [5, 5.41) is 5.75. The molecule has 37 heavy (non-hydrogen) atoms. The van der Waals surface area contributed by atoms with E-state index in [0.717, 1.165) is 42.3 Å². The number of thiazole rings is 1. The van der Waals surface area contributed by atoms with Crippen molar-refractivity contribution in [3.05, 3.63) is 70.4 Å². The zero-order valence-corrected chi connectivity index (χ0v) is 21.2. The highest BCUT2D eigenvalue weighted by Gasteiger charge is 2.27. The van der Waals surface area contributed by atoms with E-state index in [4.69, 9.17) is 9.47 Å². The number of nitrogens with zero attached hydrogens (tertiary/aromatic N) is 3. The fourth-order valence-corrected chi connectivity index (χ4v) is 5.54. The van der Waals surface area contributed by atoms with Crippen LogP contribution in [-0.4, -0.2) is 67.7 Å². The molecule has 3 aromatic rings. The molecule has 1 N–H and O–H groups in total. The number of hydrogen-bond acceptors (Lipinski definition) is 7. The number of likely N-dealkylation sites (tertiary alicyclic amines) is 1. The number of morpholine rings is 1. The van der Waals surface area contributed by atoms with Crippen molar-refractivity contribution in [2.24, 2.45) is 0 Å². The average molecular weight is 525 g/mol. The zero-order valence-electron chi connectivity index (χ0n) is 20.4. The molecule has 2 aliphatic heterocycles. The highest BCUT2D eigenvalue weighted by Crippen LogP contribution is 2.31. The van der Waals surface area contributed by atoms with Gasteiger partial charge in [0.2, 0.25) is 0 Å². The highest BCUT2D eigenvalue weighted by atomic mass is 32.1.